The zero-order valence-electron chi connectivity index (χ0n) is 19.2. The quantitative estimate of drug-likeness (QED) is 0.191. The first-order chi connectivity index (χ1) is 18.0. The number of anilines is 1. The SMILES string of the molecule is O=C(CSc1nc2ccccc2c(=O)n1-c1ccc(F)cc1F)Nc1ccccc1Sc1ccccc1. The van der Waals surface area contributed by atoms with Crippen LogP contribution in [0.3, 0.4) is 0 Å². The summed E-state index contributed by atoms with van der Waals surface area (Å²) in [6.07, 6.45) is 0. The van der Waals surface area contributed by atoms with Crippen molar-refractivity contribution in [2.45, 2.75) is 14.9 Å². The fraction of sp³-hybridized carbons (Fsp3) is 0.0357. The number of carbonyl (C=O) groups is 1. The molecule has 5 rings (SSSR count). The Bertz CT molecular complexity index is 1660. The lowest BCUT2D eigenvalue weighted by molar-refractivity contribution is -0.113. The first-order valence-electron chi connectivity index (χ1n) is 11.2. The number of para-hydroxylation sites is 2. The maximum absolute atomic E-state index is 14.7. The van der Waals surface area contributed by atoms with Crippen molar-refractivity contribution in [2.75, 3.05) is 11.1 Å². The van der Waals surface area contributed by atoms with Gasteiger partial charge in [0, 0.05) is 15.9 Å². The molecule has 4 aromatic carbocycles. The lowest BCUT2D eigenvalue weighted by Crippen LogP contribution is -2.23. The van der Waals surface area contributed by atoms with E-state index in [-0.39, 0.29) is 27.9 Å². The Morgan fingerprint density at radius 1 is 0.892 bits per heavy atom. The van der Waals surface area contributed by atoms with Crippen molar-refractivity contribution in [1.29, 1.82) is 0 Å². The number of hydrogen-bond acceptors (Lipinski definition) is 5. The van der Waals surface area contributed by atoms with Crippen LogP contribution in [0.2, 0.25) is 0 Å². The van der Waals surface area contributed by atoms with Crippen molar-refractivity contribution in [1.82, 2.24) is 9.55 Å². The van der Waals surface area contributed by atoms with E-state index in [1.165, 1.54) is 17.8 Å². The summed E-state index contributed by atoms with van der Waals surface area (Å²) in [6, 6.07) is 26.9. The molecular formula is C28H19F2N3O2S2. The molecule has 5 nitrogen and oxygen atoms in total. The van der Waals surface area contributed by atoms with Gasteiger partial charge in [0.1, 0.15) is 11.6 Å². The number of thioether (sulfide) groups is 1. The van der Waals surface area contributed by atoms with Crippen LogP contribution in [0.25, 0.3) is 16.6 Å². The predicted molar refractivity (Wildman–Crippen MR) is 144 cm³/mol. The average Bonchev–Trinajstić information content (AvgIpc) is 2.90. The van der Waals surface area contributed by atoms with Gasteiger partial charge in [0.05, 0.1) is 28.0 Å². The summed E-state index contributed by atoms with van der Waals surface area (Å²) in [6.45, 7) is 0. The van der Waals surface area contributed by atoms with E-state index in [4.69, 9.17) is 0 Å². The van der Waals surface area contributed by atoms with Gasteiger partial charge < -0.3 is 5.32 Å². The van der Waals surface area contributed by atoms with Gasteiger partial charge in [-0.1, -0.05) is 66.0 Å². The van der Waals surface area contributed by atoms with Crippen molar-refractivity contribution in [2.24, 2.45) is 0 Å². The first kappa shape index (κ1) is 24.7. The van der Waals surface area contributed by atoms with Crippen molar-refractivity contribution >= 4 is 46.0 Å². The third kappa shape index (κ3) is 5.58. The molecule has 9 heteroatoms. The van der Waals surface area contributed by atoms with E-state index in [1.807, 2.05) is 54.6 Å². The molecule has 0 radical (unpaired) electrons. The number of amides is 1. The van der Waals surface area contributed by atoms with E-state index in [0.29, 0.717) is 17.3 Å². The summed E-state index contributed by atoms with van der Waals surface area (Å²) in [7, 11) is 0. The molecule has 37 heavy (non-hydrogen) atoms. The Balaban J connectivity index is 1.42. The zero-order chi connectivity index (χ0) is 25.8. The molecule has 0 saturated heterocycles. The minimum absolute atomic E-state index is 0.0854. The van der Waals surface area contributed by atoms with Gasteiger partial charge in [-0.15, -0.1) is 0 Å². The summed E-state index contributed by atoms with van der Waals surface area (Å²) in [4.78, 5) is 32.6. The Kier molecular flexibility index (Phi) is 7.34. The number of aromatic nitrogens is 2. The summed E-state index contributed by atoms with van der Waals surface area (Å²) >= 11 is 2.52. The molecule has 0 spiro atoms. The third-order valence-corrected chi connectivity index (χ3v) is 7.38. The van der Waals surface area contributed by atoms with Crippen molar-refractivity contribution in [3.05, 3.63) is 119 Å². The lowest BCUT2D eigenvalue weighted by atomic mass is 10.2. The standard InChI is InChI=1S/C28H19F2N3O2S2/c29-18-14-15-24(21(30)16-18)33-27(35)20-10-4-5-11-22(20)32-28(33)36-17-26(34)31-23-12-6-7-13-25(23)37-19-8-2-1-3-9-19/h1-16H,17H2,(H,31,34). The largest absolute Gasteiger partial charge is 0.324 e. The highest BCUT2D eigenvalue weighted by Crippen LogP contribution is 2.33. The summed E-state index contributed by atoms with van der Waals surface area (Å²) in [5.41, 5.74) is 0.412. The van der Waals surface area contributed by atoms with Gasteiger partial charge in [0.15, 0.2) is 5.16 Å². The number of rotatable bonds is 7. The molecule has 1 amide bonds. The van der Waals surface area contributed by atoms with E-state index in [1.54, 1.807) is 24.3 Å². The zero-order valence-corrected chi connectivity index (χ0v) is 20.9. The highest BCUT2D eigenvalue weighted by molar-refractivity contribution is 8.00. The molecule has 184 valence electrons. The minimum atomic E-state index is -0.905. The van der Waals surface area contributed by atoms with E-state index in [0.717, 1.165) is 32.2 Å². The maximum atomic E-state index is 14.7. The Morgan fingerprint density at radius 2 is 1.62 bits per heavy atom. The highest BCUT2D eigenvalue weighted by Gasteiger charge is 2.18. The second-order valence-electron chi connectivity index (χ2n) is 7.90. The van der Waals surface area contributed by atoms with Crippen molar-refractivity contribution < 1.29 is 13.6 Å². The summed E-state index contributed by atoms with van der Waals surface area (Å²) < 4.78 is 29.3. The maximum Gasteiger partial charge on any atom is 0.266 e. The van der Waals surface area contributed by atoms with E-state index >= 15 is 0 Å². The van der Waals surface area contributed by atoms with Crippen LogP contribution in [-0.2, 0) is 4.79 Å². The van der Waals surface area contributed by atoms with Crippen molar-refractivity contribution in [3.8, 4) is 5.69 Å². The molecule has 0 saturated carbocycles. The molecular weight excluding hydrogens is 512 g/mol. The van der Waals surface area contributed by atoms with Gasteiger partial charge in [0.2, 0.25) is 5.91 Å². The van der Waals surface area contributed by atoms with Crippen LogP contribution in [0.5, 0.6) is 0 Å². The van der Waals surface area contributed by atoms with Crippen LogP contribution in [0.4, 0.5) is 14.5 Å². The Morgan fingerprint density at radius 3 is 2.43 bits per heavy atom. The molecule has 1 aromatic heterocycles. The summed E-state index contributed by atoms with van der Waals surface area (Å²) in [5.74, 6) is -2.07. The van der Waals surface area contributed by atoms with Gasteiger partial charge >= 0.3 is 0 Å². The molecule has 0 aliphatic rings. The predicted octanol–water partition coefficient (Wildman–Crippen LogP) is 6.55. The molecule has 0 aliphatic heterocycles. The molecule has 0 aliphatic carbocycles. The van der Waals surface area contributed by atoms with Crippen molar-refractivity contribution in [3.63, 3.8) is 0 Å². The highest BCUT2D eigenvalue weighted by atomic mass is 32.2. The lowest BCUT2D eigenvalue weighted by Gasteiger charge is -2.14. The number of halogens is 2. The summed E-state index contributed by atoms with van der Waals surface area (Å²) in [5, 5.41) is 3.32. The number of hydrogen-bond donors (Lipinski definition) is 1. The number of fused-ring (bicyclic) bond motifs is 1. The van der Waals surface area contributed by atoms with Crippen LogP contribution >= 0.6 is 23.5 Å². The van der Waals surface area contributed by atoms with Gasteiger partial charge in [0.25, 0.3) is 5.56 Å². The average molecular weight is 532 g/mol. The topological polar surface area (TPSA) is 64.0 Å². The fourth-order valence-electron chi connectivity index (χ4n) is 3.68. The van der Waals surface area contributed by atoms with Gasteiger partial charge in [-0.05, 0) is 48.5 Å². The number of carbonyl (C=O) groups excluding carboxylic acids is 1. The van der Waals surface area contributed by atoms with E-state index in [2.05, 4.69) is 10.3 Å². The molecule has 0 unspecified atom stereocenters. The van der Waals surface area contributed by atoms with Crippen LogP contribution in [0, 0.1) is 11.6 Å². The second-order valence-corrected chi connectivity index (χ2v) is 9.95. The molecule has 5 aromatic rings. The number of nitrogens with zero attached hydrogens (tertiary/aromatic N) is 2. The third-order valence-electron chi connectivity index (χ3n) is 5.36. The molecule has 1 heterocycles. The van der Waals surface area contributed by atoms with Gasteiger partial charge in [-0.2, -0.15) is 0 Å². The smallest absolute Gasteiger partial charge is 0.266 e. The van der Waals surface area contributed by atoms with Gasteiger partial charge in [-0.3, -0.25) is 14.2 Å². The molecule has 0 bridgehead atoms. The van der Waals surface area contributed by atoms with Crippen LogP contribution in [0.1, 0.15) is 0 Å². The Hall–Kier alpha value is -3.95. The van der Waals surface area contributed by atoms with Gasteiger partial charge in [-0.25, -0.2) is 13.8 Å². The van der Waals surface area contributed by atoms with Crippen LogP contribution in [0.15, 0.2) is 117 Å². The first-order valence-corrected chi connectivity index (χ1v) is 13.0. The van der Waals surface area contributed by atoms with Crippen LogP contribution in [-0.4, -0.2) is 21.2 Å². The molecule has 0 atom stereocenters. The minimum Gasteiger partial charge on any atom is -0.324 e. The van der Waals surface area contributed by atoms with E-state index in [9.17, 15) is 18.4 Å². The number of nitrogens with one attached hydrogen (secondary N) is 1. The van der Waals surface area contributed by atoms with E-state index < -0.39 is 17.2 Å². The fourth-order valence-corrected chi connectivity index (χ4v) is 5.40. The normalized spacial score (nSPS) is 11.0. The molecule has 1 N–H and O–H groups in total. The monoisotopic (exact) mass is 531 g/mol. The number of benzene rings is 4. The second kappa shape index (κ2) is 11.0. The molecule has 0 fully saturated rings. The Labute approximate surface area is 219 Å². The van der Waals surface area contributed by atoms with Crippen LogP contribution < -0.4 is 10.9 Å².